The van der Waals surface area contributed by atoms with Gasteiger partial charge >= 0.3 is 6.09 Å². The Morgan fingerprint density at radius 3 is 2.40 bits per heavy atom. The molecule has 0 saturated heterocycles. The molecule has 0 atom stereocenters. The van der Waals surface area contributed by atoms with Crippen molar-refractivity contribution in [2.75, 3.05) is 10.6 Å². The van der Waals surface area contributed by atoms with Crippen LogP contribution in [0.4, 0.5) is 16.3 Å². The lowest BCUT2D eigenvalue weighted by atomic mass is 10.2. The summed E-state index contributed by atoms with van der Waals surface area (Å²) in [6.07, 6.45) is 0.762. The number of carbonyl (C=O) groups excluding carboxylic acids is 2. The third-order valence-corrected chi connectivity index (χ3v) is 3.43. The number of nitrogens with one attached hydrogen (secondary N) is 2. The Labute approximate surface area is 151 Å². The van der Waals surface area contributed by atoms with Crippen molar-refractivity contribution in [3.05, 3.63) is 52.7 Å². The molecule has 0 spiro atoms. The van der Waals surface area contributed by atoms with Crippen molar-refractivity contribution >= 4 is 35.1 Å². The Hall–Kier alpha value is -2.60. The number of aryl methyl sites for hydroxylation is 1. The number of aromatic nitrogens is 1. The molecule has 132 valence electrons. The summed E-state index contributed by atoms with van der Waals surface area (Å²) in [5.74, 6) is -0.0488. The first-order valence-electron chi connectivity index (χ1n) is 7.68. The van der Waals surface area contributed by atoms with Gasteiger partial charge in [-0.2, -0.15) is 0 Å². The number of rotatable bonds is 3. The second-order valence-electron chi connectivity index (χ2n) is 6.44. The number of pyridine rings is 1. The van der Waals surface area contributed by atoms with Crippen molar-refractivity contribution in [1.82, 2.24) is 4.98 Å². The van der Waals surface area contributed by atoms with Gasteiger partial charge < -0.3 is 10.1 Å². The van der Waals surface area contributed by atoms with Crippen LogP contribution in [0.1, 0.15) is 36.7 Å². The van der Waals surface area contributed by atoms with E-state index in [1.165, 1.54) is 12.3 Å². The fourth-order valence-corrected chi connectivity index (χ4v) is 2.26. The van der Waals surface area contributed by atoms with E-state index in [4.69, 9.17) is 16.3 Å². The van der Waals surface area contributed by atoms with Crippen LogP contribution >= 0.6 is 11.6 Å². The molecule has 1 aromatic heterocycles. The van der Waals surface area contributed by atoms with E-state index in [1.54, 1.807) is 32.9 Å². The van der Waals surface area contributed by atoms with Crippen LogP contribution in [0.15, 0.2) is 36.5 Å². The highest BCUT2D eigenvalue weighted by molar-refractivity contribution is 6.34. The number of ether oxygens (including phenoxy) is 1. The average Bonchev–Trinajstić information content (AvgIpc) is 2.49. The summed E-state index contributed by atoms with van der Waals surface area (Å²) in [4.78, 5) is 28.1. The van der Waals surface area contributed by atoms with E-state index in [-0.39, 0.29) is 5.91 Å². The SMILES string of the molecule is Cc1cccc(Cl)c1NC(=O)c1ccc(NC(=O)OC(C)(C)C)nc1. The van der Waals surface area contributed by atoms with Crippen LogP contribution in [-0.2, 0) is 4.74 Å². The summed E-state index contributed by atoms with van der Waals surface area (Å²) >= 11 is 6.10. The number of hydrogen-bond donors (Lipinski definition) is 2. The molecule has 2 N–H and O–H groups in total. The van der Waals surface area contributed by atoms with E-state index in [2.05, 4.69) is 15.6 Å². The summed E-state index contributed by atoms with van der Waals surface area (Å²) < 4.78 is 5.14. The third-order valence-electron chi connectivity index (χ3n) is 3.12. The monoisotopic (exact) mass is 361 g/mol. The lowest BCUT2D eigenvalue weighted by molar-refractivity contribution is 0.0635. The molecule has 0 bridgehead atoms. The van der Waals surface area contributed by atoms with Gasteiger partial charge in [0.1, 0.15) is 11.4 Å². The van der Waals surface area contributed by atoms with Gasteiger partial charge in [0, 0.05) is 6.20 Å². The molecule has 2 aromatic rings. The van der Waals surface area contributed by atoms with Crippen LogP contribution < -0.4 is 10.6 Å². The van der Waals surface area contributed by atoms with E-state index in [1.807, 2.05) is 19.1 Å². The lowest BCUT2D eigenvalue weighted by Crippen LogP contribution is -2.27. The molecular weight excluding hydrogens is 342 g/mol. The number of amides is 2. The number of para-hydroxylation sites is 1. The quantitative estimate of drug-likeness (QED) is 0.834. The van der Waals surface area contributed by atoms with Crippen molar-refractivity contribution in [2.24, 2.45) is 0 Å². The third kappa shape index (κ3) is 5.46. The lowest BCUT2D eigenvalue weighted by Gasteiger charge is -2.19. The van der Waals surface area contributed by atoms with E-state index in [0.29, 0.717) is 22.1 Å². The molecule has 0 radical (unpaired) electrons. The Morgan fingerprint density at radius 1 is 1.12 bits per heavy atom. The molecule has 0 aliphatic rings. The minimum Gasteiger partial charge on any atom is -0.444 e. The van der Waals surface area contributed by atoms with Crippen molar-refractivity contribution in [3.8, 4) is 0 Å². The molecule has 2 rings (SSSR count). The van der Waals surface area contributed by atoms with Gasteiger partial charge in [-0.05, 0) is 51.5 Å². The van der Waals surface area contributed by atoms with Gasteiger partial charge in [0.25, 0.3) is 5.91 Å². The Morgan fingerprint density at radius 2 is 1.84 bits per heavy atom. The van der Waals surface area contributed by atoms with Crippen LogP contribution in [0.5, 0.6) is 0 Å². The standard InChI is InChI=1S/C18H20ClN3O3/c1-11-6-5-7-13(19)15(11)22-16(23)12-8-9-14(20-10-12)21-17(24)25-18(2,3)4/h5-10H,1-4H3,(H,22,23)(H,20,21,24). The van der Waals surface area contributed by atoms with Gasteiger partial charge in [-0.3, -0.25) is 10.1 Å². The number of halogens is 1. The topological polar surface area (TPSA) is 80.3 Å². The number of benzene rings is 1. The molecule has 6 nitrogen and oxygen atoms in total. The van der Waals surface area contributed by atoms with Gasteiger partial charge in [-0.25, -0.2) is 9.78 Å². The molecular formula is C18H20ClN3O3. The number of carbonyl (C=O) groups is 2. The molecule has 1 aromatic carbocycles. The molecule has 7 heteroatoms. The molecule has 0 aliphatic heterocycles. The predicted molar refractivity (Wildman–Crippen MR) is 98.2 cm³/mol. The van der Waals surface area contributed by atoms with Gasteiger partial charge in [0.05, 0.1) is 16.3 Å². The number of anilines is 2. The highest BCUT2D eigenvalue weighted by Crippen LogP contribution is 2.25. The first-order valence-corrected chi connectivity index (χ1v) is 8.06. The van der Waals surface area contributed by atoms with E-state index >= 15 is 0 Å². The summed E-state index contributed by atoms with van der Waals surface area (Å²) in [5.41, 5.74) is 1.16. The van der Waals surface area contributed by atoms with Gasteiger partial charge in [-0.15, -0.1) is 0 Å². The van der Waals surface area contributed by atoms with Crippen molar-refractivity contribution in [2.45, 2.75) is 33.3 Å². The predicted octanol–water partition coefficient (Wildman–Crippen LogP) is 4.64. The zero-order valence-electron chi connectivity index (χ0n) is 14.5. The van der Waals surface area contributed by atoms with Crippen molar-refractivity contribution in [1.29, 1.82) is 0 Å². The molecule has 1 heterocycles. The zero-order chi connectivity index (χ0) is 18.6. The highest BCUT2D eigenvalue weighted by Gasteiger charge is 2.17. The van der Waals surface area contributed by atoms with Crippen LogP contribution in [0, 0.1) is 6.92 Å². The molecule has 2 amide bonds. The van der Waals surface area contributed by atoms with Gasteiger partial charge in [-0.1, -0.05) is 23.7 Å². The fourth-order valence-electron chi connectivity index (χ4n) is 1.99. The number of nitrogens with zero attached hydrogens (tertiary/aromatic N) is 1. The van der Waals surface area contributed by atoms with Crippen LogP contribution in [0.2, 0.25) is 5.02 Å². The summed E-state index contributed by atoms with van der Waals surface area (Å²) in [5, 5.41) is 5.73. The maximum Gasteiger partial charge on any atom is 0.413 e. The Bertz CT molecular complexity index is 763. The first-order chi connectivity index (χ1) is 11.7. The average molecular weight is 362 g/mol. The molecule has 0 unspecified atom stereocenters. The molecule has 0 aliphatic carbocycles. The van der Waals surface area contributed by atoms with Crippen LogP contribution in [-0.4, -0.2) is 22.6 Å². The maximum atomic E-state index is 12.3. The minimum atomic E-state index is -0.608. The summed E-state index contributed by atoms with van der Waals surface area (Å²) in [6, 6.07) is 8.45. The summed E-state index contributed by atoms with van der Waals surface area (Å²) in [6.45, 7) is 7.16. The van der Waals surface area contributed by atoms with Crippen LogP contribution in [0.25, 0.3) is 0 Å². The largest absolute Gasteiger partial charge is 0.444 e. The molecule has 0 saturated carbocycles. The second kappa shape index (κ2) is 7.53. The van der Waals surface area contributed by atoms with E-state index in [9.17, 15) is 9.59 Å². The van der Waals surface area contributed by atoms with Gasteiger partial charge in [0.2, 0.25) is 0 Å². The fraction of sp³-hybridized carbons (Fsp3) is 0.278. The molecule has 0 fully saturated rings. The smallest absolute Gasteiger partial charge is 0.413 e. The molecule has 25 heavy (non-hydrogen) atoms. The van der Waals surface area contributed by atoms with Gasteiger partial charge in [0.15, 0.2) is 0 Å². The number of hydrogen-bond acceptors (Lipinski definition) is 4. The first kappa shape index (κ1) is 18.7. The minimum absolute atomic E-state index is 0.291. The van der Waals surface area contributed by atoms with Crippen molar-refractivity contribution < 1.29 is 14.3 Å². The zero-order valence-corrected chi connectivity index (χ0v) is 15.3. The Balaban J connectivity index is 2.04. The normalized spacial score (nSPS) is 10.9. The maximum absolute atomic E-state index is 12.3. The van der Waals surface area contributed by atoms with E-state index < -0.39 is 11.7 Å². The van der Waals surface area contributed by atoms with E-state index in [0.717, 1.165) is 5.56 Å². The second-order valence-corrected chi connectivity index (χ2v) is 6.85. The Kier molecular flexibility index (Phi) is 5.64. The highest BCUT2D eigenvalue weighted by atomic mass is 35.5. The van der Waals surface area contributed by atoms with Crippen molar-refractivity contribution in [3.63, 3.8) is 0 Å². The van der Waals surface area contributed by atoms with Crippen LogP contribution in [0.3, 0.4) is 0 Å². The summed E-state index contributed by atoms with van der Waals surface area (Å²) in [7, 11) is 0.